The van der Waals surface area contributed by atoms with Crippen molar-refractivity contribution in [2.24, 2.45) is 0 Å². The van der Waals surface area contributed by atoms with E-state index in [4.69, 9.17) is 13.8 Å². The summed E-state index contributed by atoms with van der Waals surface area (Å²) in [6, 6.07) is -1.54. The van der Waals surface area contributed by atoms with Gasteiger partial charge in [-0.25, -0.2) is 9.36 Å². The fourth-order valence-electron chi connectivity index (χ4n) is 7.82. The van der Waals surface area contributed by atoms with Gasteiger partial charge in [-0.3, -0.25) is 18.6 Å². The van der Waals surface area contributed by atoms with Crippen molar-refractivity contribution in [1.29, 1.82) is 0 Å². The number of carbonyl (C=O) groups excluding carboxylic acids is 2. The van der Waals surface area contributed by atoms with E-state index in [2.05, 4.69) is 43.5 Å². The molecule has 1 amide bonds. The summed E-state index contributed by atoms with van der Waals surface area (Å²) in [5, 5.41) is 22.0. The van der Waals surface area contributed by atoms with E-state index < -0.39 is 57.6 Å². The number of aliphatic carboxylic acids is 1. The third-order valence-electron chi connectivity index (χ3n) is 12.0. The molecule has 0 radical (unpaired) electrons. The number of rotatable bonds is 51. The van der Waals surface area contributed by atoms with Crippen LogP contribution >= 0.6 is 7.82 Å². The Morgan fingerprint density at radius 3 is 1.28 bits per heavy atom. The zero-order valence-electron chi connectivity index (χ0n) is 41.8. The average Bonchev–Trinajstić information content (AvgIpc) is 3.28. The van der Waals surface area contributed by atoms with Crippen LogP contribution in [0, 0.1) is 0 Å². The fraction of sp³-hybridized carbons (Fsp3) is 0.868. The standard InChI is InChI=1S/C53H100NO10P/c1-3-5-7-9-11-13-15-17-19-21-23-25-27-29-31-33-35-37-39-41-43-45-52(57)62-46-49(55)47-63-65(60,61)64-48-50(53(58)59)54-51(56)44-42-40-38-36-34-32-30-28-26-24-22-20-18-16-14-12-10-8-6-4-2/h11,13,17,19,49-50,55H,3-10,12,14-16,18,20-48H2,1-2H3,(H,54,56)(H,58,59)(H,60,61)/b13-11-,19-17-. The summed E-state index contributed by atoms with van der Waals surface area (Å²) in [6.07, 6.45) is 53.4. The van der Waals surface area contributed by atoms with Crippen LogP contribution in [0.1, 0.15) is 264 Å². The van der Waals surface area contributed by atoms with E-state index in [0.717, 1.165) is 44.9 Å². The Balaban J connectivity index is 3.78. The Morgan fingerprint density at radius 1 is 0.492 bits per heavy atom. The first-order valence-electron chi connectivity index (χ1n) is 26.9. The van der Waals surface area contributed by atoms with Gasteiger partial charge < -0.3 is 25.2 Å². The first kappa shape index (κ1) is 63.0. The van der Waals surface area contributed by atoms with Crippen LogP contribution in [0.4, 0.5) is 0 Å². The Hall–Kier alpha value is -2.04. The molecule has 0 heterocycles. The summed E-state index contributed by atoms with van der Waals surface area (Å²) in [5.74, 6) is -2.36. The fourth-order valence-corrected chi connectivity index (χ4v) is 8.59. The highest BCUT2D eigenvalue weighted by atomic mass is 31.2. The molecule has 0 saturated heterocycles. The van der Waals surface area contributed by atoms with Crippen LogP contribution < -0.4 is 5.32 Å². The second kappa shape index (κ2) is 48.4. The topological polar surface area (TPSA) is 169 Å². The van der Waals surface area contributed by atoms with Crippen molar-refractivity contribution >= 4 is 25.7 Å². The molecule has 0 fully saturated rings. The van der Waals surface area contributed by atoms with E-state index in [1.54, 1.807) is 0 Å². The molecule has 0 aliphatic carbocycles. The molecule has 0 aliphatic heterocycles. The van der Waals surface area contributed by atoms with E-state index in [0.29, 0.717) is 12.8 Å². The molecule has 0 saturated carbocycles. The molecule has 3 atom stereocenters. The summed E-state index contributed by atoms with van der Waals surface area (Å²) in [6.45, 7) is 2.62. The molecule has 0 aromatic rings. The first-order valence-corrected chi connectivity index (χ1v) is 28.4. The number of carboxylic acids is 1. The van der Waals surface area contributed by atoms with Crippen LogP contribution in [0.5, 0.6) is 0 Å². The summed E-state index contributed by atoms with van der Waals surface area (Å²) in [7, 11) is -4.76. The van der Waals surface area contributed by atoms with E-state index >= 15 is 0 Å². The van der Waals surface area contributed by atoms with E-state index in [9.17, 15) is 34.1 Å². The quantitative estimate of drug-likeness (QED) is 0.0199. The van der Waals surface area contributed by atoms with Crippen LogP contribution in [-0.4, -0.2) is 64.9 Å². The molecule has 0 spiro atoms. The van der Waals surface area contributed by atoms with Crippen molar-refractivity contribution < 1.29 is 47.8 Å². The first-order chi connectivity index (χ1) is 31.6. The normalized spacial score (nSPS) is 13.7. The number of ether oxygens (including phenoxy) is 1. The maximum Gasteiger partial charge on any atom is 0.472 e. The number of phosphoric acid groups is 1. The van der Waals surface area contributed by atoms with Gasteiger partial charge >= 0.3 is 19.8 Å². The highest BCUT2D eigenvalue weighted by Gasteiger charge is 2.28. The average molecular weight is 942 g/mol. The minimum absolute atomic E-state index is 0.151. The lowest BCUT2D eigenvalue weighted by Gasteiger charge is -2.18. The molecule has 0 aromatic heterocycles. The number of hydrogen-bond acceptors (Lipinski definition) is 8. The van der Waals surface area contributed by atoms with Crippen molar-refractivity contribution in [1.82, 2.24) is 5.32 Å². The molecule has 65 heavy (non-hydrogen) atoms. The lowest BCUT2D eigenvalue weighted by Crippen LogP contribution is -2.43. The van der Waals surface area contributed by atoms with Crippen molar-refractivity contribution in [2.75, 3.05) is 19.8 Å². The molecule has 3 unspecified atom stereocenters. The van der Waals surface area contributed by atoms with Gasteiger partial charge in [-0.1, -0.05) is 231 Å². The molecule has 0 aliphatic rings. The van der Waals surface area contributed by atoms with E-state index in [-0.39, 0.29) is 12.8 Å². The number of carboxylic acid groups (broad SMARTS) is 1. The predicted molar refractivity (Wildman–Crippen MR) is 268 cm³/mol. The van der Waals surface area contributed by atoms with Crippen LogP contribution in [0.25, 0.3) is 0 Å². The Morgan fingerprint density at radius 2 is 0.846 bits per heavy atom. The zero-order chi connectivity index (χ0) is 47.7. The maximum atomic E-state index is 12.4. The highest BCUT2D eigenvalue weighted by molar-refractivity contribution is 7.47. The maximum absolute atomic E-state index is 12.4. The number of nitrogens with one attached hydrogen (secondary N) is 1. The van der Waals surface area contributed by atoms with Gasteiger partial charge in [0.2, 0.25) is 5.91 Å². The molecule has 12 heteroatoms. The molecule has 0 bridgehead atoms. The number of aliphatic hydroxyl groups excluding tert-OH is 1. The number of esters is 1. The van der Waals surface area contributed by atoms with Gasteiger partial charge in [0.15, 0.2) is 6.04 Å². The molecule has 382 valence electrons. The summed E-state index contributed by atoms with van der Waals surface area (Å²) in [5.41, 5.74) is 0. The third-order valence-corrected chi connectivity index (χ3v) is 12.9. The lowest BCUT2D eigenvalue weighted by atomic mass is 10.0. The minimum atomic E-state index is -4.76. The van der Waals surface area contributed by atoms with Crippen LogP contribution in [0.3, 0.4) is 0 Å². The Kier molecular flexibility index (Phi) is 46.9. The summed E-state index contributed by atoms with van der Waals surface area (Å²) >= 11 is 0. The number of allylic oxidation sites excluding steroid dienone is 4. The molecular weight excluding hydrogens is 842 g/mol. The molecule has 0 rings (SSSR count). The Bertz CT molecular complexity index is 1200. The number of phosphoric ester groups is 1. The molecule has 4 N–H and O–H groups in total. The molecule has 0 aromatic carbocycles. The SMILES string of the molecule is CCCCC/C=C\C/C=C\CCCCCCCCCCCCCC(=O)OCC(O)COP(=O)(O)OCC(NC(=O)CCCCCCCCCCCCCCCCCCCCCC)C(=O)O. The van der Waals surface area contributed by atoms with Crippen molar-refractivity contribution in [2.45, 2.75) is 276 Å². The third kappa shape index (κ3) is 48.2. The van der Waals surface area contributed by atoms with Gasteiger partial charge in [0.25, 0.3) is 0 Å². The second-order valence-electron chi connectivity index (χ2n) is 18.4. The van der Waals surface area contributed by atoms with Crippen molar-refractivity contribution in [3.63, 3.8) is 0 Å². The van der Waals surface area contributed by atoms with Gasteiger partial charge in [0, 0.05) is 12.8 Å². The lowest BCUT2D eigenvalue weighted by molar-refractivity contribution is -0.147. The van der Waals surface area contributed by atoms with Gasteiger partial charge in [0.1, 0.15) is 12.7 Å². The Labute approximate surface area is 398 Å². The van der Waals surface area contributed by atoms with Crippen LogP contribution in [0.2, 0.25) is 0 Å². The van der Waals surface area contributed by atoms with E-state index in [1.165, 1.54) is 180 Å². The van der Waals surface area contributed by atoms with Gasteiger partial charge in [-0.15, -0.1) is 0 Å². The number of hydrogen-bond donors (Lipinski definition) is 4. The second-order valence-corrected chi connectivity index (χ2v) is 19.9. The van der Waals surface area contributed by atoms with Crippen LogP contribution in [0.15, 0.2) is 24.3 Å². The van der Waals surface area contributed by atoms with Crippen LogP contribution in [-0.2, 0) is 32.7 Å². The zero-order valence-corrected chi connectivity index (χ0v) is 42.7. The number of carbonyl (C=O) groups is 3. The van der Waals surface area contributed by atoms with Crippen molar-refractivity contribution in [3.05, 3.63) is 24.3 Å². The highest BCUT2D eigenvalue weighted by Crippen LogP contribution is 2.43. The largest absolute Gasteiger partial charge is 0.480 e. The monoisotopic (exact) mass is 942 g/mol. The van der Waals surface area contributed by atoms with E-state index in [1.807, 2.05) is 0 Å². The smallest absolute Gasteiger partial charge is 0.472 e. The minimum Gasteiger partial charge on any atom is -0.480 e. The summed E-state index contributed by atoms with van der Waals surface area (Å²) < 4.78 is 27.0. The molecule has 11 nitrogen and oxygen atoms in total. The summed E-state index contributed by atoms with van der Waals surface area (Å²) in [4.78, 5) is 46.2. The van der Waals surface area contributed by atoms with Gasteiger partial charge in [-0.2, -0.15) is 0 Å². The van der Waals surface area contributed by atoms with Crippen molar-refractivity contribution in [3.8, 4) is 0 Å². The number of amides is 1. The number of aliphatic hydroxyl groups is 1. The molecular formula is C53H100NO10P. The number of unbranched alkanes of at least 4 members (excludes halogenated alkanes) is 33. The van der Waals surface area contributed by atoms with Gasteiger partial charge in [-0.05, 0) is 44.9 Å². The predicted octanol–water partition coefficient (Wildman–Crippen LogP) is 15.0. The van der Waals surface area contributed by atoms with Gasteiger partial charge in [0.05, 0.1) is 13.2 Å².